The van der Waals surface area contributed by atoms with Crippen LogP contribution in [0.15, 0.2) is 53.7 Å². The summed E-state index contributed by atoms with van der Waals surface area (Å²) in [5, 5.41) is 3.73. The van der Waals surface area contributed by atoms with E-state index in [1.165, 1.54) is 23.8 Å². The van der Waals surface area contributed by atoms with Crippen LogP contribution < -0.4 is 0 Å². The zero-order valence-corrected chi connectivity index (χ0v) is 10.1. The highest BCUT2D eigenvalue weighted by atomic mass is 16.6. The summed E-state index contributed by atoms with van der Waals surface area (Å²) in [7, 11) is 1.54. The molecule has 0 aliphatic carbocycles. The number of oxime groups is 1. The topological polar surface area (TPSA) is 21.6 Å². The van der Waals surface area contributed by atoms with Crippen molar-refractivity contribution in [3.8, 4) is 11.1 Å². The quantitative estimate of drug-likeness (QED) is 0.577. The molecule has 0 aromatic heterocycles. The summed E-state index contributed by atoms with van der Waals surface area (Å²) in [6, 6.07) is 16.7. The van der Waals surface area contributed by atoms with E-state index in [9.17, 15) is 0 Å². The summed E-state index contributed by atoms with van der Waals surface area (Å²) in [5.41, 5.74) is 4.74. The molecule has 0 amide bonds. The molecule has 0 spiro atoms. The second-order valence-corrected chi connectivity index (χ2v) is 3.91. The van der Waals surface area contributed by atoms with Gasteiger partial charge in [-0.15, -0.1) is 0 Å². The third kappa shape index (κ3) is 2.94. The van der Waals surface area contributed by atoms with Crippen LogP contribution in [0.3, 0.4) is 0 Å². The van der Waals surface area contributed by atoms with Gasteiger partial charge in [-0.2, -0.15) is 0 Å². The Bertz CT molecular complexity index is 497. The third-order valence-corrected chi connectivity index (χ3v) is 2.60. The van der Waals surface area contributed by atoms with Gasteiger partial charge in [-0.25, -0.2) is 0 Å². The van der Waals surface area contributed by atoms with Crippen molar-refractivity contribution in [3.05, 3.63) is 59.7 Å². The largest absolute Gasteiger partial charge is 0.399 e. The molecule has 2 aromatic rings. The molecule has 0 atom stereocenters. The predicted molar refractivity (Wildman–Crippen MR) is 71.2 cm³/mol. The van der Waals surface area contributed by atoms with E-state index < -0.39 is 0 Å². The molecular formula is C15H15NO. The highest BCUT2D eigenvalue weighted by Gasteiger charge is 1.96. The first-order valence-corrected chi connectivity index (χ1v) is 5.53. The standard InChI is InChI=1S/C15H15NO/c1-12-3-7-14(8-4-12)15-9-5-13(6-10-15)11-16-17-2/h3-11H,1-2H3. The smallest absolute Gasteiger partial charge is 0.106 e. The van der Waals surface area contributed by atoms with Gasteiger partial charge in [0, 0.05) is 0 Å². The second-order valence-electron chi connectivity index (χ2n) is 3.91. The second kappa shape index (κ2) is 5.30. The zero-order chi connectivity index (χ0) is 12.1. The maximum absolute atomic E-state index is 4.64. The highest BCUT2D eigenvalue weighted by molar-refractivity contribution is 5.80. The van der Waals surface area contributed by atoms with Gasteiger partial charge in [0.1, 0.15) is 7.11 Å². The number of aryl methyl sites for hydroxylation is 1. The number of rotatable bonds is 3. The van der Waals surface area contributed by atoms with Gasteiger partial charge < -0.3 is 4.84 Å². The van der Waals surface area contributed by atoms with Gasteiger partial charge in [-0.1, -0.05) is 59.3 Å². The van der Waals surface area contributed by atoms with E-state index in [4.69, 9.17) is 0 Å². The van der Waals surface area contributed by atoms with Gasteiger partial charge in [0.2, 0.25) is 0 Å². The van der Waals surface area contributed by atoms with Crippen molar-refractivity contribution in [2.24, 2.45) is 5.16 Å². The molecule has 0 radical (unpaired) electrons. The molecule has 2 nitrogen and oxygen atoms in total. The summed E-state index contributed by atoms with van der Waals surface area (Å²) < 4.78 is 0. The fraction of sp³-hybridized carbons (Fsp3) is 0.133. The summed E-state index contributed by atoms with van der Waals surface area (Å²) in [6.45, 7) is 2.09. The van der Waals surface area contributed by atoms with Crippen LogP contribution in [0.25, 0.3) is 11.1 Å². The van der Waals surface area contributed by atoms with Gasteiger partial charge in [-0.05, 0) is 23.6 Å². The van der Waals surface area contributed by atoms with Crippen LogP contribution in [0.4, 0.5) is 0 Å². The predicted octanol–water partition coefficient (Wildman–Crippen LogP) is 3.64. The first-order chi connectivity index (χ1) is 8.29. The fourth-order valence-electron chi connectivity index (χ4n) is 1.62. The van der Waals surface area contributed by atoms with Crippen molar-refractivity contribution >= 4 is 6.21 Å². The Morgan fingerprint density at radius 3 is 1.94 bits per heavy atom. The molecule has 0 aliphatic heterocycles. The minimum Gasteiger partial charge on any atom is -0.399 e. The van der Waals surface area contributed by atoms with Gasteiger partial charge >= 0.3 is 0 Å². The minimum atomic E-state index is 1.03. The van der Waals surface area contributed by atoms with Gasteiger partial charge in [0.15, 0.2) is 0 Å². The van der Waals surface area contributed by atoms with E-state index in [1.807, 2.05) is 12.1 Å². The van der Waals surface area contributed by atoms with E-state index in [2.05, 4.69) is 53.3 Å². The van der Waals surface area contributed by atoms with E-state index >= 15 is 0 Å². The fourth-order valence-corrected chi connectivity index (χ4v) is 1.62. The molecule has 0 fully saturated rings. The van der Waals surface area contributed by atoms with Gasteiger partial charge in [0.25, 0.3) is 0 Å². The molecule has 86 valence electrons. The maximum atomic E-state index is 4.64. The van der Waals surface area contributed by atoms with E-state index in [1.54, 1.807) is 6.21 Å². The molecule has 2 aromatic carbocycles. The SMILES string of the molecule is CON=Cc1ccc(-c2ccc(C)cc2)cc1. The molecule has 0 N–H and O–H groups in total. The Morgan fingerprint density at radius 2 is 1.41 bits per heavy atom. The molecule has 0 bridgehead atoms. The lowest BCUT2D eigenvalue weighted by Crippen LogP contribution is -1.83. The van der Waals surface area contributed by atoms with E-state index in [0.29, 0.717) is 0 Å². The van der Waals surface area contributed by atoms with Crippen molar-refractivity contribution in [1.29, 1.82) is 0 Å². The minimum absolute atomic E-state index is 1.03. The van der Waals surface area contributed by atoms with Crippen LogP contribution in [0.5, 0.6) is 0 Å². The Kier molecular flexibility index (Phi) is 3.55. The van der Waals surface area contributed by atoms with Crippen LogP contribution in [0.1, 0.15) is 11.1 Å². The van der Waals surface area contributed by atoms with Crippen molar-refractivity contribution in [1.82, 2.24) is 0 Å². The average molecular weight is 225 g/mol. The van der Waals surface area contributed by atoms with E-state index in [0.717, 1.165) is 5.56 Å². The normalized spacial score (nSPS) is 10.7. The van der Waals surface area contributed by atoms with Crippen LogP contribution in [-0.4, -0.2) is 13.3 Å². The molecule has 0 saturated heterocycles. The van der Waals surface area contributed by atoms with Crippen LogP contribution in [0.2, 0.25) is 0 Å². The molecular weight excluding hydrogens is 210 g/mol. The molecule has 2 heteroatoms. The van der Waals surface area contributed by atoms with Crippen molar-refractivity contribution in [3.63, 3.8) is 0 Å². The summed E-state index contributed by atoms with van der Waals surface area (Å²) >= 11 is 0. The number of hydrogen-bond acceptors (Lipinski definition) is 2. The summed E-state index contributed by atoms with van der Waals surface area (Å²) in [5.74, 6) is 0. The van der Waals surface area contributed by atoms with Crippen LogP contribution in [0, 0.1) is 6.92 Å². The van der Waals surface area contributed by atoms with Gasteiger partial charge in [-0.3, -0.25) is 0 Å². The number of nitrogens with zero attached hydrogens (tertiary/aromatic N) is 1. The lowest BCUT2D eigenvalue weighted by molar-refractivity contribution is 0.215. The first kappa shape index (κ1) is 11.4. The van der Waals surface area contributed by atoms with E-state index in [-0.39, 0.29) is 0 Å². The van der Waals surface area contributed by atoms with Crippen molar-refractivity contribution < 1.29 is 4.84 Å². The van der Waals surface area contributed by atoms with Crippen LogP contribution >= 0.6 is 0 Å². The third-order valence-electron chi connectivity index (χ3n) is 2.60. The molecule has 17 heavy (non-hydrogen) atoms. The van der Waals surface area contributed by atoms with Crippen molar-refractivity contribution in [2.75, 3.05) is 7.11 Å². The molecule has 0 aliphatic rings. The first-order valence-electron chi connectivity index (χ1n) is 5.53. The van der Waals surface area contributed by atoms with Gasteiger partial charge in [0.05, 0.1) is 6.21 Å². The lowest BCUT2D eigenvalue weighted by atomic mass is 10.0. The number of hydrogen-bond donors (Lipinski definition) is 0. The molecule has 0 unspecified atom stereocenters. The monoisotopic (exact) mass is 225 g/mol. The summed E-state index contributed by atoms with van der Waals surface area (Å²) in [4.78, 5) is 4.64. The molecule has 0 saturated carbocycles. The van der Waals surface area contributed by atoms with Crippen LogP contribution in [-0.2, 0) is 4.84 Å². The molecule has 2 rings (SSSR count). The molecule has 0 heterocycles. The average Bonchev–Trinajstić information content (AvgIpc) is 2.38. The highest BCUT2D eigenvalue weighted by Crippen LogP contribution is 2.19. The Labute approximate surface area is 102 Å². The van der Waals surface area contributed by atoms with Crippen molar-refractivity contribution in [2.45, 2.75) is 6.92 Å². The summed E-state index contributed by atoms with van der Waals surface area (Å²) in [6.07, 6.45) is 1.69. The number of benzene rings is 2. The Morgan fingerprint density at radius 1 is 0.882 bits per heavy atom. The zero-order valence-electron chi connectivity index (χ0n) is 10.1. The maximum Gasteiger partial charge on any atom is 0.106 e. The Hall–Kier alpha value is -2.09. The Balaban J connectivity index is 2.23. The lowest BCUT2D eigenvalue weighted by Gasteiger charge is -2.02.